The van der Waals surface area contributed by atoms with Gasteiger partial charge in [0, 0.05) is 17.8 Å². The zero-order chi connectivity index (χ0) is 24.5. The first-order valence-electron chi connectivity index (χ1n) is 9.55. The molecule has 3 aromatic rings. The van der Waals surface area contributed by atoms with Crippen molar-refractivity contribution in [3.8, 4) is 23.0 Å². The number of halogens is 3. The normalized spacial score (nSPS) is 13.8. The fraction of sp³-hybridized carbons (Fsp3) is 0.190. The molecule has 0 fully saturated rings. The molecule has 0 unspecified atom stereocenters. The first-order valence-corrected chi connectivity index (χ1v) is 9.93. The highest BCUT2D eigenvalue weighted by Crippen LogP contribution is 2.42. The standard InChI is InChI=1S/C21H16ClF2N3O7/c1-30-14-6-3-11(18(22)19(14)31-2)4-8-17-26-27(20(29)32-17)10-16(28)25-12-5-7-13-15(9-12)34-21(23,24)33-13/h3-9H,10H2,1-2H3,(H,25,28). The van der Waals surface area contributed by atoms with Crippen molar-refractivity contribution in [1.82, 2.24) is 9.78 Å². The molecular formula is C21H16ClF2N3O7. The zero-order valence-electron chi connectivity index (χ0n) is 17.6. The summed E-state index contributed by atoms with van der Waals surface area (Å²) < 4.78 is 51.1. The molecule has 1 aromatic heterocycles. The third-order valence-corrected chi connectivity index (χ3v) is 4.91. The number of rotatable bonds is 7. The molecule has 178 valence electrons. The Bertz CT molecular complexity index is 1340. The fourth-order valence-electron chi connectivity index (χ4n) is 3.05. The summed E-state index contributed by atoms with van der Waals surface area (Å²) in [6.45, 7) is -0.488. The van der Waals surface area contributed by atoms with Crippen molar-refractivity contribution in [2.45, 2.75) is 12.8 Å². The summed E-state index contributed by atoms with van der Waals surface area (Å²) in [6, 6.07) is 7.05. The lowest BCUT2D eigenvalue weighted by Gasteiger charge is -2.10. The quantitative estimate of drug-likeness (QED) is 0.528. The van der Waals surface area contributed by atoms with Crippen LogP contribution >= 0.6 is 11.6 Å². The molecule has 0 saturated carbocycles. The van der Waals surface area contributed by atoms with Gasteiger partial charge in [0.2, 0.25) is 11.8 Å². The van der Waals surface area contributed by atoms with Crippen molar-refractivity contribution in [2.24, 2.45) is 0 Å². The van der Waals surface area contributed by atoms with E-state index in [1.165, 1.54) is 38.5 Å². The van der Waals surface area contributed by atoms with Crippen LogP contribution < -0.4 is 30.0 Å². The number of nitrogens with one attached hydrogen (secondary N) is 1. The minimum Gasteiger partial charge on any atom is -0.493 e. The number of aromatic nitrogens is 2. The van der Waals surface area contributed by atoms with E-state index in [-0.39, 0.29) is 28.1 Å². The highest BCUT2D eigenvalue weighted by atomic mass is 35.5. The summed E-state index contributed by atoms with van der Waals surface area (Å²) in [4.78, 5) is 24.3. The predicted molar refractivity (Wildman–Crippen MR) is 116 cm³/mol. The Kier molecular flexibility index (Phi) is 6.16. The number of alkyl halides is 2. The summed E-state index contributed by atoms with van der Waals surface area (Å²) in [5.74, 6) is -1.22. The van der Waals surface area contributed by atoms with Gasteiger partial charge < -0.3 is 28.7 Å². The van der Waals surface area contributed by atoms with Crippen molar-refractivity contribution in [3.63, 3.8) is 0 Å². The molecule has 0 spiro atoms. The van der Waals surface area contributed by atoms with Crippen molar-refractivity contribution < 1.29 is 36.9 Å². The molecule has 0 bridgehead atoms. The van der Waals surface area contributed by atoms with E-state index in [9.17, 15) is 18.4 Å². The molecule has 0 saturated heterocycles. The van der Waals surface area contributed by atoms with Crippen LogP contribution in [-0.2, 0) is 11.3 Å². The zero-order valence-corrected chi connectivity index (χ0v) is 18.4. The maximum Gasteiger partial charge on any atom is 0.586 e. The van der Waals surface area contributed by atoms with E-state index in [2.05, 4.69) is 19.9 Å². The molecule has 13 heteroatoms. The van der Waals surface area contributed by atoms with Gasteiger partial charge in [0.1, 0.15) is 6.54 Å². The molecule has 4 rings (SSSR count). The van der Waals surface area contributed by atoms with Crippen molar-refractivity contribution >= 4 is 35.3 Å². The number of nitrogens with zero attached hydrogens (tertiary/aromatic N) is 2. The van der Waals surface area contributed by atoms with E-state index in [0.717, 1.165) is 4.68 Å². The number of hydrogen-bond acceptors (Lipinski definition) is 8. The third kappa shape index (κ3) is 4.81. The molecule has 2 heterocycles. The van der Waals surface area contributed by atoms with Gasteiger partial charge in [-0.1, -0.05) is 11.6 Å². The second-order valence-electron chi connectivity index (χ2n) is 6.78. The van der Waals surface area contributed by atoms with Crippen molar-refractivity contribution in [2.75, 3.05) is 19.5 Å². The van der Waals surface area contributed by atoms with E-state index >= 15 is 0 Å². The van der Waals surface area contributed by atoms with Crippen LogP contribution in [0.25, 0.3) is 12.2 Å². The minimum atomic E-state index is -3.77. The van der Waals surface area contributed by atoms with E-state index in [4.69, 9.17) is 25.5 Å². The average Bonchev–Trinajstić information content (AvgIpc) is 3.28. The Morgan fingerprint density at radius 3 is 2.68 bits per heavy atom. The number of fused-ring (bicyclic) bond motifs is 1. The summed E-state index contributed by atoms with van der Waals surface area (Å²) in [6.07, 6.45) is -0.840. The van der Waals surface area contributed by atoms with Gasteiger partial charge in [0.05, 0.1) is 19.2 Å². The Hall–Kier alpha value is -4.06. The highest BCUT2D eigenvalue weighted by Gasteiger charge is 2.43. The molecule has 1 amide bonds. The lowest BCUT2D eigenvalue weighted by Crippen LogP contribution is -2.26. The highest BCUT2D eigenvalue weighted by molar-refractivity contribution is 6.34. The van der Waals surface area contributed by atoms with Gasteiger partial charge in [-0.15, -0.1) is 13.9 Å². The van der Waals surface area contributed by atoms with Crippen molar-refractivity contribution in [1.29, 1.82) is 0 Å². The number of methoxy groups -OCH3 is 2. The summed E-state index contributed by atoms with van der Waals surface area (Å²) >= 11 is 6.31. The minimum absolute atomic E-state index is 0.0750. The lowest BCUT2D eigenvalue weighted by atomic mass is 10.2. The van der Waals surface area contributed by atoms with Crippen LogP contribution in [0.3, 0.4) is 0 Å². The Labute approximate surface area is 195 Å². The van der Waals surface area contributed by atoms with Gasteiger partial charge in [0.25, 0.3) is 0 Å². The van der Waals surface area contributed by atoms with E-state index in [0.29, 0.717) is 17.1 Å². The van der Waals surface area contributed by atoms with Crippen LogP contribution in [0.1, 0.15) is 11.5 Å². The number of carbonyl (C=O) groups excluding carboxylic acids is 1. The van der Waals surface area contributed by atoms with Gasteiger partial charge in [-0.25, -0.2) is 4.79 Å². The average molecular weight is 496 g/mol. The van der Waals surface area contributed by atoms with E-state index in [1.54, 1.807) is 18.2 Å². The van der Waals surface area contributed by atoms with E-state index in [1.807, 2.05) is 0 Å². The number of benzene rings is 2. The van der Waals surface area contributed by atoms with Gasteiger partial charge in [-0.05, 0) is 35.9 Å². The van der Waals surface area contributed by atoms with Crippen LogP contribution in [0.4, 0.5) is 14.5 Å². The maximum absolute atomic E-state index is 13.1. The Morgan fingerprint density at radius 1 is 1.18 bits per heavy atom. The van der Waals surface area contributed by atoms with Crippen LogP contribution in [-0.4, -0.2) is 36.2 Å². The molecule has 1 aliphatic rings. The number of ether oxygens (including phenoxy) is 4. The predicted octanol–water partition coefficient (Wildman–Crippen LogP) is 3.64. The second kappa shape index (κ2) is 9.06. The largest absolute Gasteiger partial charge is 0.586 e. The second-order valence-corrected chi connectivity index (χ2v) is 7.16. The molecule has 0 atom stereocenters. The van der Waals surface area contributed by atoms with Crippen LogP contribution in [0.2, 0.25) is 5.02 Å². The molecular weight excluding hydrogens is 480 g/mol. The first kappa shape index (κ1) is 23.1. The number of carbonyl (C=O) groups is 1. The van der Waals surface area contributed by atoms with Crippen LogP contribution in [0.5, 0.6) is 23.0 Å². The van der Waals surface area contributed by atoms with Crippen LogP contribution in [0, 0.1) is 0 Å². The SMILES string of the molecule is COc1ccc(C=Cc2nn(CC(=O)Nc3ccc4c(c3)OC(F)(F)O4)c(=O)o2)c(Cl)c1OC. The topological polar surface area (TPSA) is 114 Å². The van der Waals surface area contributed by atoms with E-state index < -0.39 is 24.5 Å². The third-order valence-electron chi connectivity index (χ3n) is 4.52. The van der Waals surface area contributed by atoms with Gasteiger partial charge in [-0.2, -0.15) is 4.68 Å². The molecule has 1 aliphatic heterocycles. The number of amides is 1. The van der Waals surface area contributed by atoms with Gasteiger partial charge in [-0.3, -0.25) is 4.79 Å². The number of anilines is 1. The first-order chi connectivity index (χ1) is 16.2. The molecule has 2 aromatic carbocycles. The molecule has 0 aliphatic carbocycles. The molecule has 1 N–H and O–H groups in total. The van der Waals surface area contributed by atoms with Gasteiger partial charge >= 0.3 is 12.1 Å². The summed E-state index contributed by atoms with van der Waals surface area (Å²) in [7, 11) is 2.92. The lowest BCUT2D eigenvalue weighted by molar-refractivity contribution is -0.286. The number of hydrogen-bond donors (Lipinski definition) is 1. The summed E-state index contributed by atoms with van der Waals surface area (Å²) in [5, 5.41) is 6.67. The molecule has 10 nitrogen and oxygen atoms in total. The van der Waals surface area contributed by atoms with Crippen LogP contribution in [0.15, 0.2) is 39.5 Å². The monoisotopic (exact) mass is 495 g/mol. The maximum atomic E-state index is 13.1. The summed E-state index contributed by atoms with van der Waals surface area (Å²) in [5.41, 5.74) is 0.701. The van der Waals surface area contributed by atoms with Crippen molar-refractivity contribution in [3.05, 3.63) is 57.4 Å². The smallest absolute Gasteiger partial charge is 0.493 e. The Balaban J connectivity index is 1.44. The fourth-order valence-corrected chi connectivity index (χ4v) is 3.34. The molecule has 0 radical (unpaired) electrons. The Morgan fingerprint density at radius 2 is 1.94 bits per heavy atom. The van der Waals surface area contributed by atoms with Gasteiger partial charge in [0.15, 0.2) is 23.0 Å². The molecule has 34 heavy (non-hydrogen) atoms.